The van der Waals surface area contributed by atoms with Gasteiger partial charge < -0.3 is 19.9 Å². The Balaban J connectivity index is 1.82. The molecule has 0 aromatic heterocycles. The number of nitrogens with one attached hydrogen (secondary N) is 2. The molecule has 144 valence electrons. The zero-order valence-electron chi connectivity index (χ0n) is 16.2. The quantitative estimate of drug-likeness (QED) is 0.697. The zero-order chi connectivity index (χ0) is 19.6. The van der Waals surface area contributed by atoms with E-state index in [0.717, 1.165) is 16.2 Å². The summed E-state index contributed by atoms with van der Waals surface area (Å²) in [4.78, 5) is 27.4. The van der Waals surface area contributed by atoms with Gasteiger partial charge in [0.05, 0.1) is 14.2 Å². The van der Waals surface area contributed by atoms with Gasteiger partial charge in [-0.3, -0.25) is 9.59 Å². The lowest BCUT2D eigenvalue weighted by atomic mass is 10.2. The summed E-state index contributed by atoms with van der Waals surface area (Å²) in [6.07, 6.45) is 0. The molecular weight excluding hydrogens is 342 g/mol. The van der Waals surface area contributed by atoms with Crippen LogP contribution in [0.5, 0.6) is 5.75 Å². The minimum atomic E-state index is -0.128. The number of carbonyl (C=O) groups excluding carboxylic acids is 2. The summed E-state index contributed by atoms with van der Waals surface area (Å²) in [7, 11) is 3.45. The average Bonchev–Trinajstić information content (AvgIpc) is 2.67. The van der Waals surface area contributed by atoms with Crippen molar-refractivity contribution in [2.75, 3.05) is 39.1 Å². The van der Waals surface area contributed by atoms with Crippen LogP contribution >= 0.6 is 0 Å². The molecule has 2 rings (SSSR count). The molecule has 0 aliphatic rings. The molecule has 6 nitrogen and oxygen atoms in total. The molecule has 1 unspecified atom stereocenters. The highest BCUT2D eigenvalue weighted by Gasteiger charge is 2.19. The molecule has 2 aromatic carbocycles. The van der Waals surface area contributed by atoms with Crippen molar-refractivity contribution in [3.8, 4) is 5.75 Å². The van der Waals surface area contributed by atoms with E-state index in [1.165, 1.54) is 0 Å². The van der Waals surface area contributed by atoms with E-state index in [0.29, 0.717) is 18.8 Å². The van der Waals surface area contributed by atoms with Crippen LogP contribution in [0.15, 0.2) is 54.6 Å². The number of anilines is 1. The van der Waals surface area contributed by atoms with Crippen molar-refractivity contribution in [1.82, 2.24) is 4.90 Å². The van der Waals surface area contributed by atoms with E-state index in [-0.39, 0.29) is 24.9 Å². The van der Waals surface area contributed by atoms with Gasteiger partial charge >= 0.3 is 0 Å². The maximum Gasteiger partial charge on any atom is 0.279 e. The van der Waals surface area contributed by atoms with Gasteiger partial charge in [0, 0.05) is 18.8 Å². The third-order valence-electron chi connectivity index (χ3n) is 4.24. The number of rotatable bonds is 9. The van der Waals surface area contributed by atoms with E-state index in [1.54, 1.807) is 36.3 Å². The summed E-state index contributed by atoms with van der Waals surface area (Å²) >= 11 is 0. The van der Waals surface area contributed by atoms with E-state index >= 15 is 0 Å². The number of hydrogen-bond acceptors (Lipinski definition) is 3. The van der Waals surface area contributed by atoms with E-state index in [4.69, 9.17) is 4.74 Å². The van der Waals surface area contributed by atoms with E-state index in [1.807, 2.05) is 44.3 Å². The van der Waals surface area contributed by atoms with Crippen LogP contribution in [0.2, 0.25) is 0 Å². The molecule has 1 atom stereocenters. The molecule has 0 spiro atoms. The number of hydrogen-bond donors (Lipinski definition) is 2. The SMILES string of the molecule is CCN(Cc1ccccc1)C(=O)C[NH+](C)CC(=O)Nc1ccc(OC)cc1. The Morgan fingerprint density at radius 1 is 1.04 bits per heavy atom. The van der Waals surface area contributed by atoms with Crippen molar-refractivity contribution < 1.29 is 19.2 Å². The van der Waals surface area contributed by atoms with E-state index in [2.05, 4.69) is 5.32 Å². The van der Waals surface area contributed by atoms with Gasteiger partial charge in [0.1, 0.15) is 5.75 Å². The third kappa shape index (κ3) is 6.75. The first-order valence-corrected chi connectivity index (χ1v) is 9.08. The number of quaternary nitrogens is 1. The fourth-order valence-electron chi connectivity index (χ4n) is 2.77. The minimum absolute atomic E-state index is 0.0381. The van der Waals surface area contributed by atoms with Crippen LogP contribution in [0.4, 0.5) is 5.69 Å². The Hall–Kier alpha value is -2.86. The van der Waals surface area contributed by atoms with E-state index in [9.17, 15) is 9.59 Å². The Morgan fingerprint density at radius 3 is 2.30 bits per heavy atom. The maximum absolute atomic E-state index is 12.6. The van der Waals surface area contributed by atoms with Crippen LogP contribution in [-0.2, 0) is 16.1 Å². The number of nitrogens with zero attached hydrogens (tertiary/aromatic N) is 1. The molecule has 0 saturated heterocycles. The molecule has 0 aliphatic heterocycles. The molecule has 0 saturated carbocycles. The van der Waals surface area contributed by atoms with Gasteiger partial charge in [-0.2, -0.15) is 0 Å². The molecule has 6 heteroatoms. The van der Waals surface area contributed by atoms with Gasteiger partial charge in [0.15, 0.2) is 13.1 Å². The van der Waals surface area contributed by atoms with Crippen LogP contribution in [-0.4, -0.2) is 50.5 Å². The van der Waals surface area contributed by atoms with Crippen molar-refractivity contribution in [3.63, 3.8) is 0 Å². The van der Waals surface area contributed by atoms with Gasteiger partial charge in [-0.25, -0.2) is 0 Å². The molecule has 2 N–H and O–H groups in total. The zero-order valence-corrected chi connectivity index (χ0v) is 16.2. The van der Waals surface area contributed by atoms with Crippen molar-refractivity contribution in [2.24, 2.45) is 0 Å². The summed E-state index contributed by atoms with van der Waals surface area (Å²) < 4.78 is 5.10. The Bertz CT molecular complexity index is 732. The predicted octanol–water partition coefficient (Wildman–Crippen LogP) is 1.20. The lowest BCUT2D eigenvalue weighted by molar-refractivity contribution is -0.862. The first kappa shape index (κ1) is 20.5. The third-order valence-corrected chi connectivity index (χ3v) is 4.24. The molecule has 0 heterocycles. The molecule has 0 radical (unpaired) electrons. The normalized spacial score (nSPS) is 11.5. The summed E-state index contributed by atoms with van der Waals surface area (Å²) in [5, 5.41) is 2.84. The fourth-order valence-corrected chi connectivity index (χ4v) is 2.77. The molecule has 27 heavy (non-hydrogen) atoms. The smallest absolute Gasteiger partial charge is 0.279 e. The van der Waals surface area contributed by atoms with Crippen LogP contribution < -0.4 is 15.0 Å². The van der Waals surface area contributed by atoms with Crippen molar-refractivity contribution >= 4 is 17.5 Å². The first-order chi connectivity index (χ1) is 13.0. The minimum Gasteiger partial charge on any atom is -0.497 e. The number of benzene rings is 2. The summed E-state index contributed by atoms with van der Waals surface area (Å²) in [6.45, 7) is 3.68. The number of ether oxygens (including phenoxy) is 1. The predicted molar refractivity (Wildman–Crippen MR) is 106 cm³/mol. The number of methoxy groups -OCH3 is 1. The van der Waals surface area contributed by atoms with Gasteiger partial charge in [-0.15, -0.1) is 0 Å². The van der Waals surface area contributed by atoms with Crippen molar-refractivity contribution in [1.29, 1.82) is 0 Å². The van der Waals surface area contributed by atoms with Crippen molar-refractivity contribution in [2.45, 2.75) is 13.5 Å². The molecule has 2 aromatic rings. The molecule has 0 fully saturated rings. The number of amides is 2. The van der Waals surface area contributed by atoms with Gasteiger partial charge in [0.2, 0.25) is 0 Å². The van der Waals surface area contributed by atoms with Gasteiger partial charge in [0.25, 0.3) is 11.8 Å². The molecule has 0 aliphatic carbocycles. The maximum atomic E-state index is 12.6. The topological polar surface area (TPSA) is 63.1 Å². The van der Waals surface area contributed by atoms with Crippen LogP contribution in [0.1, 0.15) is 12.5 Å². The van der Waals surface area contributed by atoms with Crippen molar-refractivity contribution in [3.05, 3.63) is 60.2 Å². The number of likely N-dealkylation sites (N-methyl/N-ethyl adjacent to an activating group) is 2. The standard InChI is InChI=1S/C21H27N3O3/c1-4-24(14-17-8-6-5-7-9-17)21(26)16-23(2)15-20(25)22-18-10-12-19(27-3)13-11-18/h5-13H,4,14-16H2,1-3H3,(H,22,25)/p+1. The second kappa shape index (κ2) is 10.3. The lowest BCUT2D eigenvalue weighted by Gasteiger charge is -2.22. The molecule has 2 amide bonds. The second-order valence-corrected chi connectivity index (χ2v) is 6.48. The fraction of sp³-hybridized carbons (Fsp3) is 0.333. The average molecular weight is 370 g/mol. The Labute approximate surface area is 160 Å². The second-order valence-electron chi connectivity index (χ2n) is 6.48. The lowest BCUT2D eigenvalue weighted by Crippen LogP contribution is -3.11. The van der Waals surface area contributed by atoms with Crippen LogP contribution in [0.25, 0.3) is 0 Å². The van der Waals surface area contributed by atoms with Gasteiger partial charge in [-0.1, -0.05) is 30.3 Å². The Kier molecular flexibility index (Phi) is 7.82. The Morgan fingerprint density at radius 2 is 1.70 bits per heavy atom. The molecule has 0 bridgehead atoms. The first-order valence-electron chi connectivity index (χ1n) is 9.08. The largest absolute Gasteiger partial charge is 0.497 e. The summed E-state index contributed by atoms with van der Waals surface area (Å²) in [5.74, 6) is 0.645. The highest BCUT2D eigenvalue weighted by molar-refractivity contribution is 5.91. The van der Waals surface area contributed by atoms with Gasteiger partial charge in [-0.05, 0) is 36.8 Å². The van der Waals surface area contributed by atoms with E-state index < -0.39 is 0 Å². The number of carbonyl (C=O) groups is 2. The molecular formula is C21H28N3O3+. The summed E-state index contributed by atoms with van der Waals surface area (Å²) in [5.41, 5.74) is 1.81. The highest BCUT2D eigenvalue weighted by Crippen LogP contribution is 2.14. The monoisotopic (exact) mass is 370 g/mol. The van der Waals surface area contributed by atoms with Crippen LogP contribution in [0, 0.1) is 0 Å². The summed E-state index contributed by atoms with van der Waals surface area (Å²) in [6, 6.07) is 17.1. The highest BCUT2D eigenvalue weighted by atomic mass is 16.5. The van der Waals surface area contributed by atoms with Crippen LogP contribution in [0.3, 0.4) is 0 Å².